The van der Waals surface area contributed by atoms with Crippen molar-refractivity contribution in [1.29, 1.82) is 0 Å². The first kappa shape index (κ1) is 27.1. The van der Waals surface area contributed by atoms with Crippen molar-refractivity contribution in [2.75, 3.05) is 11.1 Å². The molecule has 0 saturated carbocycles. The number of hydrogen-bond donors (Lipinski definition) is 3. The molecule has 2 aromatic heterocycles. The van der Waals surface area contributed by atoms with Gasteiger partial charge < -0.3 is 16.4 Å². The van der Waals surface area contributed by atoms with Gasteiger partial charge in [0.25, 0.3) is 5.91 Å². The van der Waals surface area contributed by atoms with Gasteiger partial charge in [-0.1, -0.05) is 55.4 Å². The average Bonchev–Trinajstić information content (AvgIpc) is 2.95. The van der Waals surface area contributed by atoms with E-state index >= 15 is 0 Å². The summed E-state index contributed by atoms with van der Waals surface area (Å²) < 4.78 is 0. The fourth-order valence-corrected chi connectivity index (χ4v) is 5.13. The summed E-state index contributed by atoms with van der Waals surface area (Å²) in [7, 11) is 0. The largest absolute Gasteiger partial charge is 0.399 e. The van der Waals surface area contributed by atoms with Crippen LogP contribution in [0.4, 0.5) is 17.2 Å². The number of nitrogens with zero attached hydrogens (tertiary/aromatic N) is 3. The number of rotatable bonds is 8. The van der Waals surface area contributed by atoms with E-state index in [4.69, 9.17) is 10.7 Å². The number of hydrogen-bond acceptors (Lipinski definition) is 7. The smallest absolute Gasteiger partial charge is 0.251 e. The van der Waals surface area contributed by atoms with E-state index in [1.165, 1.54) is 11.9 Å². The van der Waals surface area contributed by atoms with Crippen LogP contribution < -0.4 is 16.4 Å². The van der Waals surface area contributed by atoms with Gasteiger partial charge in [-0.25, -0.2) is 15.0 Å². The number of nitrogen functional groups attached to an aromatic ring is 1. The van der Waals surface area contributed by atoms with Crippen molar-refractivity contribution < 1.29 is 4.79 Å². The van der Waals surface area contributed by atoms with Gasteiger partial charge >= 0.3 is 0 Å². The molecule has 40 heavy (non-hydrogen) atoms. The van der Waals surface area contributed by atoms with Crippen LogP contribution in [0.3, 0.4) is 0 Å². The molecule has 1 atom stereocenters. The maximum Gasteiger partial charge on any atom is 0.251 e. The Morgan fingerprint density at radius 1 is 0.900 bits per heavy atom. The summed E-state index contributed by atoms with van der Waals surface area (Å²) >= 11 is 1.58. The number of nitrogens with two attached hydrogens (primary N) is 1. The number of amides is 1. The van der Waals surface area contributed by atoms with E-state index in [-0.39, 0.29) is 17.9 Å². The second-order valence-corrected chi connectivity index (χ2v) is 11.2. The van der Waals surface area contributed by atoms with Crippen LogP contribution in [0.2, 0.25) is 0 Å². The zero-order chi connectivity index (χ0) is 28.2. The van der Waals surface area contributed by atoms with E-state index < -0.39 is 0 Å². The van der Waals surface area contributed by atoms with Gasteiger partial charge in [0, 0.05) is 26.7 Å². The minimum atomic E-state index is -0.157. The molecule has 4 N–H and O–H groups in total. The van der Waals surface area contributed by atoms with Gasteiger partial charge in [-0.2, -0.15) is 0 Å². The summed E-state index contributed by atoms with van der Waals surface area (Å²) in [6.07, 6.45) is 1.51. The zero-order valence-electron chi connectivity index (χ0n) is 23.0. The molecule has 0 bridgehead atoms. The number of pyridine rings is 1. The standard InChI is InChI=1S/C32H32N6OS/c1-19(2)27-15-14-26-30(37-27)34-18-35-31(26)38-28-17-23(9-16-29(28)40-25-12-10-24(33)11-13-25)32(39)36-21(4)22-7-5-20(3)6-8-22/h5-19,21H,33H2,1-4H3,(H,36,39)(H,34,35,37,38)/t21-/m0/s1. The zero-order valence-corrected chi connectivity index (χ0v) is 23.8. The van der Waals surface area contributed by atoms with E-state index in [2.05, 4.69) is 34.4 Å². The van der Waals surface area contributed by atoms with Gasteiger partial charge in [-0.3, -0.25) is 4.79 Å². The second kappa shape index (κ2) is 11.8. The monoisotopic (exact) mass is 548 g/mol. The van der Waals surface area contributed by atoms with Crippen LogP contribution in [0.15, 0.2) is 95.0 Å². The molecular weight excluding hydrogens is 516 g/mol. The van der Waals surface area contributed by atoms with E-state index in [9.17, 15) is 4.79 Å². The predicted octanol–water partition coefficient (Wildman–Crippen LogP) is 7.42. The highest BCUT2D eigenvalue weighted by Crippen LogP contribution is 2.37. The Bertz CT molecular complexity index is 1650. The van der Waals surface area contributed by atoms with Crippen molar-refractivity contribution in [3.8, 4) is 0 Å². The summed E-state index contributed by atoms with van der Waals surface area (Å²) in [6.45, 7) is 8.24. The first-order chi connectivity index (χ1) is 19.3. The van der Waals surface area contributed by atoms with Gasteiger partial charge in [0.1, 0.15) is 12.1 Å². The Labute approximate surface area is 238 Å². The Kier molecular flexibility index (Phi) is 7.98. The van der Waals surface area contributed by atoms with E-state index in [0.717, 1.165) is 32.1 Å². The van der Waals surface area contributed by atoms with Crippen molar-refractivity contribution in [3.05, 3.63) is 108 Å². The van der Waals surface area contributed by atoms with Crippen molar-refractivity contribution in [2.45, 2.75) is 49.4 Å². The maximum absolute atomic E-state index is 13.3. The fourth-order valence-electron chi connectivity index (χ4n) is 4.25. The second-order valence-electron chi connectivity index (χ2n) is 10.1. The molecule has 7 nitrogen and oxygen atoms in total. The summed E-state index contributed by atoms with van der Waals surface area (Å²) in [5.74, 6) is 0.754. The lowest BCUT2D eigenvalue weighted by atomic mass is 10.1. The average molecular weight is 549 g/mol. The topological polar surface area (TPSA) is 106 Å². The molecule has 0 saturated heterocycles. The van der Waals surface area contributed by atoms with Crippen LogP contribution >= 0.6 is 11.8 Å². The van der Waals surface area contributed by atoms with Crippen LogP contribution in [0.1, 0.15) is 59.9 Å². The number of aryl methyl sites for hydroxylation is 1. The van der Waals surface area contributed by atoms with Crippen LogP contribution in [0.5, 0.6) is 0 Å². The van der Waals surface area contributed by atoms with Gasteiger partial charge in [0.15, 0.2) is 5.65 Å². The third kappa shape index (κ3) is 6.24. The number of carbonyl (C=O) groups is 1. The number of anilines is 3. The van der Waals surface area contributed by atoms with Crippen LogP contribution in [-0.4, -0.2) is 20.9 Å². The molecule has 0 fully saturated rings. The van der Waals surface area contributed by atoms with Gasteiger partial charge in [0.2, 0.25) is 0 Å². The van der Waals surface area contributed by atoms with E-state index in [0.29, 0.717) is 22.7 Å². The molecule has 0 radical (unpaired) electrons. The number of fused-ring (bicyclic) bond motifs is 1. The molecule has 0 unspecified atom stereocenters. The molecule has 0 spiro atoms. The van der Waals surface area contributed by atoms with E-state index in [1.807, 2.05) is 92.7 Å². The molecule has 0 aliphatic heterocycles. The first-order valence-electron chi connectivity index (χ1n) is 13.2. The third-order valence-corrected chi connectivity index (χ3v) is 7.72. The Morgan fingerprint density at radius 2 is 1.65 bits per heavy atom. The lowest BCUT2D eigenvalue weighted by Gasteiger charge is -2.17. The molecule has 2 heterocycles. The van der Waals surface area contributed by atoms with Crippen molar-refractivity contribution in [1.82, 2.24) is 20.3 Å². The minimum absolute atomic E-state index is 0.139. The molecule has 3 aromatic carbocycles. The van der Waals surface area contributed by atoms with Gasteiger partial charge in [-0.15, -0.1) is 0 Å². The normalized spacial score (nSPS) is 11.9. The first-order valence-corrected chi connectivity index (χ1v) is 14.0. The van der Waals surface area contributed by atoms with Gasteiger partial charge in [-0.05, 0) is 79.9 Å². The number of benzene rings is 3. The molecule has 8 heteroatoms. The van der Waals surface area contributed by atoms with Crippen molar-refractivity contribution in [3.63, 3.8) is 0 Å². The van der Waals surface area contributed by atoms with E-state index in [1.54, 1.807) is 11.8 Å². The maximum atomic E-state index is 13.3. The number of nitrogens with one attached hydrogen (secondary N) is 2. The van der Waals surface area contributed by atoms with Crippen molar-refractivity contribution in [2.24, 2.45) is 0 Å². The summed E-state index contributed by atoms with van der Waals surface area (Å²) in [5, 5.41) is 7.39. The lowest BCUT2D eigenvalue weighted by molar-refractivity contribution is 0.0940. The SMILES string of the molecule is Cc1ccc([C@H](C)NC(=O)c2ccc(Sc3ccc(N)cc3)c(Nc3ncnc4nc(C(C)C)ccc34)c2)cc1. The highest BCUT2D eigenvalue weighted by atomic mass is 32.2. The van der Waals surface area contributed by atoms with Crippen LogP contribution in [0, 0.1) is 6.92 Å². The Hall–Kier alpha value is -4.43. The fraction of sp³-hybridized carbons (Fsp3) is 0.188. The lowest BCUT2D eigenvalue weighted by Crippen LogP contribution is -2.26. The molecule has 5 aromatic rings. The Balaban J connectivity index is 1.48. The number of aromatic nitrogens is 3. The van der Waals surface area contributed by atoms with Gasteiger partial charge in [0.05, 0.1) is 17.1 Å². The molecular formula is C32H32N6OS. The molecule has 5 rings (SSSR count). The summed E-state index contributed by atoms with van der Waals surface area (Å²) in [6, 6.07) is 25.4. The number of carbonyl (C=O) groups excluding carboxylic acids is 1. The molecule has 0 aliphatic rings. The molecule has 1 amide bonds. The molecule has 202 valence electrons. The van der Waals surface area contributed by atoms with Crippen LogP contribution in [-0.2, 0) is 0 Å². The third-order valence-electron chi connectivity index (χ3n) is 6.64. The predicted molar refractivity (Wildman–Crippen MR) is 163 cm³/mol. The van der Waals surface area contributed by atoms with Crippen molar-refractivity contribution >= 4 is 45.9 Å². The quantitative estimate of drug-likeness (QED) is 0.173. The van der Waals surface area contributed by atoms with Crippen LogP contribution in [0.25, 0.3) is 11.0 Å². The minimum Gasteiger partial charge on any atom is -0.399 e. The molecule has 0 aliphatic carbocycles. The Morgan fingerprint density at radius 3 is 2.38 bits per heavy atom. The highest BCUT2D eigenvalue weighted by Gasteiger charge is 2.16. The summed E-state index contributed by atoms with van der Waals surface area (Å²) in [5.41, 5.74) is 11.7. The highest BCUT2D eigenvalue weighted by molar-refractivity contribution is 7.99. The summed E-state index contributed by atoms with van der Waals surface area (Å²) in [4.78, 5) is 28.9.